The molecule has 1 radical (unpaired) electrons. The Hall–Kier alpha value is -0.430. The molecule has 0 aliphatic carbocycles. The number of rotatable bonds is 3. The Morgan fingerprint density at radius 2 is 2.22 bits per heavy atom. The van der Waals surface area contributed by atoms with E-state index in [1.54, 1.807) is 0 Å². The quantitative estimate of drug-likeness (QED) is 0.658. The van der Waals surface area contributed by atoms with Gasteiger partial charge in [0, 0.05) is 26.1 Å². The van der Waals surface area contributed by atoms with Gasteiger partial charge in [-0.1, -0.05) is 0 Å². The normalized spacial score (nSPS) is 43.7. The lowest BCUT2D eigenvalue weighted by atomic mass is 9.77. The molecule has 4 heterocycles. The predicted octanol–water partition coefficient (Wildman–Crippen LogP) is -0.739. The van der Waals surface area contributed by atoms with Crippen LogP contribution in [-0.4, -0.2) is 60.5 Å². The standard InChI is InChI=1S/C12H17N2O3S/c15-8-12(7-13-2-1-3-18-12)10(16)11-4-9(17-11)5-14-6-11/h9,13-14H,1-7H2. The van der Waals surface area contributed by atoms with Gasteiger partial charge < -0.3 is 15.4 Å². The Balaban J connectivity index is 1.82. The number of ether oxygens (including phenoxy) is 1. The van der Waals surface area contributed by atoms with Crippen LogP contribution in [0.2, 0.25) is 0 Å². The van der Waals surface area contributed by atoms with Crippen LogP contribution < -0.4 is 10.6 Å². The van der Waals surface area contributed by atoms with Gasteiger partial charge in [0.05, 0.1) is 6.10 Å². The first-order chi connectivity index (χ1) is 8.71. The smallest absolute Gasteiger partial charge is 0.225 e. The Bertz CT molecular complexity index is 355. The van der Waals surface area contributed by atoms with Crippen LogP contribution >= 0.6 is 11.8 Å². The van der Waals surface area contributed by atoms with Gasteiger partial charge in [0.25, 0.3) is 0 Å². The van der Waals surface area contributed by atoms with E-state index in [9.17, 15) is 9.59 Å². The summed E-state index contributed by atoms with van der Waals surface area (Å²) < 4.78 is 4.63. The zero-order chi connectivity index (χ0) is 12.6. The zero-order valence-corrected chi connectivity index (χ0v) is 11.0. The number of thioether (sulfide) groups is 1. The van der Waals surface area contributed by atoms with Crippen molar-refractivity contribution < 1.29 is 14.3 Å². The van der Waals surface area contributed by atoms with Crippen molar-refractivity contribution in [1.82, 2.24) is 10.6 Å². The van der Waals surface area contributed by atoms with Crippen LogP contribution in [0.25, 0.3) is 0 Å². The van der Waals surface area contributed by atoms with E-state index in [0.29, 0.717) is 13.1 Å². The van der Waals surface area contributed by atoms with Crippen LogP contribution in [-0.2, 0) is 14.3 Å². The minimum Gasteiger partial charge on any atom is -0.361 e. The van der Waals surface area contributed by atoms with Gasteiger partial charge in [-0.05, 0) is 18.7 Å². The number of carbonyl (C=O) groups is 1. The summed E-state index contributed by atoms with van der Waals surface area (Å²) in [5.74, 6) is 0.703. The summed E-state index contributed by atoms with van der Waals surface area (Å²) in [6.45, 7) is 2.54. The highest BCUT2D eigenvalue weighted by molar-refractivity contribution is 8.02. The topological polar surface area (TPSA) is 67.4 Å². The molecule has 4 aliphatic heterocycles. The Kier molecular flexibility index (Phi) is 3.21. The number of hydrogen-bond acceptors (Lipinski definition) is 6. The van der Waals surface area contributed by atoms with Gasteiger partial charge in [-0.3, -0.25) is 9.59 Å². The molecule has 0 spiro atoms. The third kappa shape index (κ3) is 1.82. The summed E-state index contributed by atoms with van der Waals surface area (Å²) in [5, 5.41) is 6.36. The molecule has 4 rings (SSSR count). The molecule has 6 heteroatoms. The number of ketones is 1. The maximum absolute atomic E-state index is 12.7. The van der Waals surface area contributed by atoms with Crippen LogP contribution in [0, 0.1) is 0 Å². The molecule has 0 aromatic heterocycles. The first kappa shape index (κ1) is 12.6. The molecular formula is C12H17N2O3S. The van der Waals surface area contributed by atoms with Crippen molar-refractivity contribution in [3.05, 3.63) is 0 Å². The number of fused-ring (bicyclic) bond motifs is 2. The number of nitrogens with one attached hydrogen (secondary N) is 2. The van der Waals surface area contributed by atoms with E-state index in [-0.39, 0.29) is 11.9 Å². The summed E-state index contributed by atoms with van der Waals surface area (Å²) in [6.07, 6.45) is 3.84. The minimum absolute atomic E-state index is 0.104. The lowest BCUT2D eigenvalue weighted by Crippen LogP contribution is -2.72. The van der Waals surface area contributed by atoms with Crippen LogP contribution in [0.15, 0.2) is 0 Å². The van der Waals surface area contributed by atoms with Crippen LogP contribution in [0.1, 0.15) is 12.8 Å². The Labute approximate surface area is 110 Å². The van der Waals surface area contributed by atoms with Crippen LogP contribution in [0.5, 0.6) is 0 Å². The lowest BCUT2D eigenvalue weighted by molar-refractivity contribution is -0.219. The second-order valence-corrected chi connectivity index (χ2v) is 6.60. The molecule has 0 aromatic carbocycles. The second-order valence-electron chi connectivity index (χ2n) is 5.21. The summed E-state index contributed by atoms with van der Waals surface area (Å²) in [4.78, 5) is 24.1. The van der Waals surface area contributed by atoms with Crippen molar-refractivity contribution in [1.29, 1.82) is 0 Å². The van der Waals surface area contributed by atoms with Crippen molar-refractivity contribution in [3.63, 3.8) is 0 Å². The summed E-state index contributed by atoms with van der Waals surface area (Å²) in [6, 6.07) is 0. The molecule has 2 N–H and O–H groups in total. The van der Waals surface area contributed by atoms with Crippen molar-refractivity contribution in [2.45, 2.75) is 29.3 Å². The molecule has 18 heavy (non-hydrogen) atoms. The first-order valence-corrected chi connectivity index (χ1v) is 7.37. The molecule has 5 nitrogen and oxygen atoms in total. The van der Waals surface area contributed by atoms with Gasteiger partial charge in [0.1, 0.15) is 5.60 Å². The predicted molar refractivity (Wildman–Crippen MR) is 68.5 cm³/mol. The third-order valence-corrected chi connectivity index (χ3v) is 5.30. The molecule has 4 saturated heterocycles. The van der Waals surface area contributed by atoms with Gasteiger partial charge >= 0.3 is 0 Å². The molecular weight excluding hydrogens is 252 g/mol. The second kappa shape index (κ2) is 4.59. The highest BCUT2D eigenvalue weighted by Gasteiger charge is 2.60. The number of morpholine rings is 1. The summed E-state index contributed by atoms with van der Waals surface area (Å²) in [5.41, 5.74) is -0.778. The van der Waals surface area contributed by atoms with Gasteiger partial charge in [-0.15, -0.1) is 11.8 Å². The van der Waals surface area contributed by atoms with Crippen molar-refractivity contribution in [2.75, 3.05) is 31.9 Å². The fourth-order valence-corrected chi connectivity index (χ4v) is 4.17. The fraction of sp³-hybridized carbons (Fsp3) is 0.833. The van der Waals surface area contributed by atoms with E-state index >= 15 is 0 Å². The molecule has 0 aromatic rings. The number of piperidine rings is 1. The summed E-state index contributed by atoms with van der Waals surface area (Å²) in [7, 11) is 0. The maximum atomic E-state index is 12.7. The van der Waals surface area contributed by atoms with Gasteiger partial charge in [0.2, 0.25) is 6.29 Å². The number of hydrogen-bond donors (Lipinski definition) is 2. The minimum atomic E-state index is -1.08. The van der Waals surface area contributed by atoms with E-state index in [4.69, 9.17) is 4.74 Å². The number of carbonyl (C=O) groups excluding carboxylic acids is 2. The first-order valence-electron chi connectivity index (χ1n) is 6.38. The van der Waals surface area contributed by atoms with Gasteiger partial charge in [0.15, 0.2) is 10.5 Å². The van der Waals surface area contributed by atoms with E-state index < -0.39 is 10.3 Å². The Morgan fingerprint density at radius 1 is 1.39 bits per heavy atom. The van der Waals surface area contributed by atoms with Crippen LogP contribution in [0.3, 0.4) is 0 Å². The highest BCUT2D eigenvalue weighted by atomic mass is 32.2. The van der Waals surface area contributed by atoms with E-state index in [1.165, 1.54) is 11.8 Å². The maximum Gasteiger partial charge on any atom is 0.225 e. The summed E-state index contributed by atoms with van der Waals surface area (Å²) >= 11 is 1.41. The molecule has 4 fully saturated rings. The van der Waals surface area contributed by atoms with E-state index in [1.807, 2.05) is 6.29 Å². The fourth-order valence-electron chi connectivity index (χ4n) is 2.95. The molecule has 3 atom stereocenters. The molecule has 4 aliphatic rings. The molecule has 2 bridgehead atoms. The molecule has 0 saturated carbocycles. The zero-order valence-electron chi connectivity index (χ0n) is 10.2. The molecule has 3 unspecified atom stereocenters. The average molecular weight is 269 g/mol. The van der Waals surface area contributed by atoms with E-state index in [2.05, 4.69) is 10.6 Å². The largest absolute Gasteiger partial charge is 0.361 e. The van der Waals surface area contributed by atoms with Crippen molar-refractivity contribution >= 4 is 23.8 Å². The SMILES string of the molecule is O=[C]C1(C(=O)C23CNCC(C2)O3)CNCCCS1. The molecule has 99 valence electrons. The highest BCUT2D eigenvalue weighted by Crippen LogP contribution is 2.42. The van der Waals surface area contributed by atoms with Gasteiger partial charge in [-0.25, -0.2) is 0 Å². The number of Topliss-reactive ketones (excluding diaryl/α,β-unsaturated/α-hetero) is 1. The lowest BCUT2D eigenvalue weighted by Gasteiger charge is -2.53. The third-order valence-electron chi connectivity index (χ3n) is 3.90. The van der Waals surface area contributed by atoms with Crippen LogP contribution in [0.4, 0.5) is 0 Å². The molecule has 0 amide bonds. The van der Waals surface area contributed by atoms with Gasteiger partial charge in [-0.2, -0.15) is 0 Å². The van der Waals surface area contributed by atoms with Crippen molar-refractivity contribution in [2.24, 2.45) is 0 Å². The Morgan fingerprint density at radius 3 is 2.89 bits per heavy atom. The van der Waals surface area contributed by atoms with E-state index in [0.717, 1.165) is 31.7 Å². The van der Waals surface area contributed by atoms with Crippen molar-refractivity contribution in [3.8, 4) is 0 Å². The average Bonchev–Trinajstić information content (AvgIpc) is 2.64. The monoisotopic (exact) mass is 269 g/mol.